The Balaban J connectivity index is 0.00000182. The number of rotatable bonds is 4. The number of likely N-dealkylation sites (tertiary alicyclic amines) is 1. The van der Waals surface area contributed by atoms with Crippen molar-refractivity contribution in [2.24, 2.45) is 5.73 Å². The van der Waals surface area contributed by atoms with Crippen LogP contribution in [0.4, 0.5) is 0 Å². The Kier molecular flexibility index (Phi) is 8.10. The molecule has 3 heterocycles. The third-order valence-electron chi connectivity index (χ3n) is 5.23. The second kappa shape index (κ2) is 9.06. The molecule has 0 aliphatic carbocycles. The van der Waals surface area contributed by atoms with E-state index in [0.717, 1.165) is 11.4 Å². The highest BCUT2D eigenvalue weighted by Gasteiger charge is 2.50. The molecule has 1 spiro atoms. The highest BCUT2D eigenvalue weighted by atomic mass is 35.5. The Hall–Kier alpha value is -0.910. The molecule has 4 N–H and O–H groups in total. The number of nitrogens with one attached hydrogen (secondary N) is 1. The zero-order chi connectivity index (χ0) is 18.2. The topological polar surface area (TPSA) is 133 Å². The monoisotopic (exact) mass is 443 g/mol. The summed E-state index contributed by atoms with van der Waals surface area (Å²) in [5, 5.41) is 9.58. The first-order chi connectivity index (χ1) is 11.8. The predicted molar refractivity (Wildman–Crippen MR) is 106 cm³/mol. The van der Waals surface area contributed by atoms with E-state index in [0.29, 0.717) is 38.9 Å². The Labute approximate surface area is 171 Å². The van der Waals surface area contributed by atoms with Gasteiger partial charge in [-0.15, -0.1) is 24.8 Å². The lowest BCUT2D eigenvalue weighted by Gasteiger charge is -2.49. The summed E-state index contributed by atoms with van der Waals surface area (Å²) in [5.41, 5.74) is 6.41. The normalized spacial score (nSPS) is 20.3. The van der Waals surface area contributed by atoms with Crippen molar-refractivity contribution in [3.8, 4) is 0 Å². The van der Waals surface area contributed by atoms with Gasteiger partial charge in [-0.25, -0.2) is 13.4 Å². The van der Waals surface area contributed by atoms with E-state index in [-0.39, 0.29) is 43.7 Å². The summed E-state index contributed by atoms with van der Waals surface area (Å²) in [4.78, 5) is 21.5. The second-order valence-corrected chi connectivity index (χ2v) is 8.73. The molecule has 1 amide bonds. The Morgan fingerprint density at radius 2 is 2.00 bits per heavy atom. The molecule has 0 radical (unpaired) electrons. The maximum atomic E-state index is 12.4. The van der Waals surface area contributed by atoms with Crippen LogP contribution in [0.2, 0.25) is 0 Å². The number of fused-ring (bicyclic) bond motifs is 2. The number of nitrogens with two attached hydrogens (primary N) is 1. The number of piperidine rings is 1. The Morgan fingerprint density at radius 1 is 1.37 bits per heavy atom. The maximum absolute atomic E-state index is 12.4. The van der Waals surface area contributed by atoms with Crippen molar-refractivity contribution in [3.05, 3.63) is 17.7 Å². The lowest BCUT2D eigenvalue weighted by Crippen LogP contribution is -2.58. The summed E-state index contributed by atoms with van der Waals surface area (Å²) in [6, 6.07) is 0. The molecule has 1 unspecified atom stereocenters. The highest BCUT2D eigenvalue weighted by Crippen LogP contribution is 2.43. The molecule has 2 aliphatic heterocycles. The molecular formula is C15H27Cl2N5O4S. The average Bonchev–Trinajstić information content (AvgIpc) is 3.04. The number of imidazole rings is 1. The minimum absolute atomic E-state index is 0. The number of carbonyl (C=O) groups is 1. The van der Waals surface area contributed by atoms with Crippen LogP contribution in [-0.4, -0.2) is 77.1 Å². The first-order valence-electron chi connectivity index (χ1n) is 8.44. The van der Waals surface area contributed by atoms with E-state index >= 15 is 0 Å². The number of hydrogen-bond donors (Lipinski definition) is 3. The number of aliphatic hydroxyl groups is 1. The van der Waals surface area contributed by atoms with Gasteiger partial charge in [0.15, 0.2) is 0 Å². The van der Waals surface area contributed by atoms with Gasteiger partial charge in [-0.1, -0.05) is 0 Å². The summed E-state index contributed by atoms with van der Waals surface area (Å²) < 4.78 is 26.2. The van der Waals surface area contributed by atoms with Crippen LogP contribution in [0.3, 0.4) is 0 Å². The van der Waals surface area contributed by atoms with Gasteiger partial charge >= 0.3 is 0 Å². The first-order valence-corrected chi connectivity index (χ1v) is 10.3. The Bertz CT molecular complexity index is 749. The van der Waals surface area contributed by atoms with E-state index in [4.69, 9.17) is 5.73 Å². The van der Waals surface area contributed by atoms with E-state index in [9.17, 15) is 18.3 Å². The van der Waals surface area contributed by atoms with Crippen LogP contribution in [0.5, 0.6) is 0 Å². The largest absolute Gasteiger partial charge is 0.391 e. The van der Waals surface area contributed by atoms with Gasteiger partial charge in [0.2, 0.25) is 15.9 Å². The van der Waals surface area contributed by atoms with Gasteiger partial charge in [0.25, 0.3) is 0 Å². The van der Waals surface area contributed by atoms with Crippen LogP contribution in [0.15, 0.2) is 6.33 Å². The minimum Gasteiger partial charge on any atom is -0.391 e. The van der Waals surface area contributed by atoms with Gasteiger partial charge in [0.1, 0.15) is 0 Å². The van der Waals surface area contributed by atoms with Crippen molar-refractivity contribution in [3.63, 3.8) is 0 Å². The molecule has 3 rings (SSSR count). The second-order valence-electron chi connectivity index (χ2n) is 6.82. The smallest absolute Gasteiger partial charge is 0.225 e. The average molecular weight is 444 g/mol. The lowest BCUT2D eigenvalue weighted by molar-refractivity contribution is -0.135. The summed E-state index contributed by atoms with van der Waals surface area (Å²) in [7, 11) is -3.40. The van der Waals surface area contributed by atoms with Crippen LogP contribution < -0.4 is 5.73 Å². The molecule has 1 aromatic heterocycles. The highest BCUT2D eigenvalue weighted by molar-refractivity contribution is 7.88. The molecule has 156 valence electrons. The van der Waals surface area contributed by atoms with Crippen LogP contribution in [-0.2, 0) is 26.8 Å². The molecule has 2 aliphatic rings. The number of hydrogen-bond acceptors (Lipinski definition) is 6. The van der Waals surface area contributed by atoms with E-state index in [2.05, 4.69) is 9.97 Å². The minimum atomic E-state index is -3.40. The number of sulfonamides is 1. The predicted octanol–water partition coefficient (Wildman–Crippen LogP) is -0.402. The third-order valence-corrected chi connectivity index (χ3v) is 6.56. The number of amides is 1. The molecule has 1 atom stereocenters. The van der Waals surface area contributed by atoms with Crippen molar-refractivity contribution in [1.82, 2.24) is 19.2 Å². The molecular weight excluding hydrogens is 417 g/mol. The van der Waals surface area contributed by atoms with Crippen molar-refractivity contribution in [1.29, 1.82) is 0 Å². The van der Waals surface area contributed by atoms with Gasteiger partial charge in [0.05, 0.1) is 36.3 Å². The molecule has 0 bridgehead atoms. The van der Waals surface area contributed by atoms with Crippen molar-refractivity contribution in [2.75, 3.05) is 32.4 Å². The number of aliphatic hydroxyl groups excluding tert-OH is 1. The quantitative estimate of drug-likeness (QED) is 0.579. The first kappa shape index (κ1) is 24.1. The fourth-order valence-corrected chi connectivity index (χ4v) is 5.29. The fraction of sp³-hybridized carbons (Fsp3) is 0.733. The molecule has 9 nitrogen and oxygen atoms in total. The molecule has 0 aromatic carbocycles. The molecule has 27 heavy (non-hydrogen) atoms. The molecule has 1 aromatic rings. The molecule has 0 saturated carbocycles. The molecule has 1 fully saturated rings. The summed E-state index contributed by atoms with van der Waals surface area (Å²) in [5.74, 6) is -0.156. The zero-order valence-electron chi connectivity index (χ0n) is 15.1. The van der Waals surface area contributed by atoms with Crippen molar-refractivity contribution >= 4 is 40.7 Å². The van der Waals surface area contributed by atoms with Gasteiger partial charge in [0, 0.05) is 38.3 Å². The SMILES string of the molecule is CS(=O)(=O)N1CCc2[nH]cnc2C12CCN(C(=O)CC(O)CN)CC2.Cl.Cl. The number of carbonyl (C=O) groups excluding carboxylic acids is 1. The van der Waals surface area contributed by atoms with E-state index in [1.165, 1.54) is 6.26 Å². The van der Waals surface area contributed by atoms with Crippen molar-refractivity contribution in [2.45, 2.75) is 37.3 Å². The van der Waals surface area contributed by atoms with Crippen LogP contribution in [0, 0.1) is 0 Å². The number of H-pyrrole nitrogens is 1. The van der Waals surface area contributed by atoms with Crippen LogP contribution >= 0.6 is 24.8 Å². The molecule has 12 heteroatoms. The third kappa shape index (κ3) is 4.57. The summed E-state index contributed by atoms with van der Waals surface area (Å²) in [6.07, 6.45) is 3.56. The van der Waals surface area contributed by atoms with Crippen molar-refractivity contribution < 1.29 is 18.3 Å². The van der Waals surface area contributed by atoms with E-state index in [1.54, 1.807) is 15.5 Å². The summed E-state index contributed by atoms with van der Waals surface area (Å²) >= 11 is 0. The van der Waals surface area contributed by atoms with Gasteiger partial charge < -0.3 is 20.7 Å². The fourth-order valence-electron chi connectivity index (χ4n) is 3.97. The number of aromatic nitrogens is 2. The van der Waals surface area contributed by atoms with Gasteiger partial charge in [-0.2, -0.15) is 4.31 Å². The van der Waals surface area contributed by atoms with Gasteiger partial charge in [-0.05, 0) is 12.8 Å². The number of nitrogens with zero attached hydrogens (tertiary/aromatic N) is 3. The summed E-state index contributed by atoms with van der Waals surface area (Å²) in [6.45, 7) is 1.30. The standard InChI is InChI=1S/C15H25N5O4S.2ClH/c1-25(23,24)20-5-2-12-14(18-10-17-12)15(20)3-6-19(7-4-15)13(22)8-11(21)9-16;;/h10-11,21H,2-9,16H2,1H3,(H,17,18);2*1H. The van der Waals surface area contributed by atoms with E-state index in [1.807, 2.05) is 0 Å². The lowest BCUT2D eigenvalue weighted by atomic mass is 9.80. The van der Waals surface area contributed by atoms with Crippen LogP contribution in [0.25, 0.3) is 0 Å². The van der Waals surface area contributed by atoms with E-state index < -0.39 is 21.7 Å². The molecule has 1 saturated heterocycles. The number of aromatic amines is 1. The van der Waals surface area contributed by atoms with Gasteiger partial charge in [-0.3, -0.25) is 4.79 Å². The maximum Gasteiger partial charge on any atom is 0.225 e. The van der Waals surface area contributed by atoms with Crippen LogP contribution in [0.1, 0.15) is 30.7 Å². The number of halogens is 2. The Morgan fingerprint density at radius 3 is 2.56 bits per heavy atom. The zero-order valence-corrected chi connectivity index (χ0v) is 17.6.